The normalized spacial score (nSPS) is 23.2. The largest absolute Gasteiger partial charge is 0.480 e. The Labute approximate surface area is 112 Å². The fourth-order valence-corrected chi connectivity index (χ4v) is 2.39. The molecule has 0 spiro atoms. The van der Waals surface area contributed by atoms with E-state index in [-0.39, 0.29) is 5.78 Å². The van der Waals surface area contributed by atoms with Gasteiger partial charge in [0, 0.05) is 24.3 Å². The van der Waals surface area contributed by atoms with E-state index >= 15 is 0 Å². The molecule has 3 N–H and O–H groups in total. The van der Waals surface area contributed by atoms with Crippen LogP contribution in [-0.2, 0) is 4.79 Å². The highest BCUT2D eigenvalue weighted by Gasteiger charge is 2.38. The molecule has 0 bridgehead atoms. The highest BCUT2D eigenvalue weighted by atomic mass is 16.4. The van der Waals surface area contributed by atoms with Crippen molar-refractivity contribution in [2.24, 2.45) is 5.73 Å². The maximum Gasteiger partial charge on any atom is 0.325 e. The second kappa shape index (κ2) is 5.01. The third-order valence-corrected chi connectivity index (χ3v) is 3.59. The number of carboxylic acids is 1. The quantitative estimate of drug-likeness (QED) is 0.801. The Kier molecular flexibility index (Phi) is 3.57. The fraction of sp³-hybridized carbons (Fsp3) is 0.429. The number of nitrogens with two attached hydrogens (primary N) is 1. The van der Waals surface area contributed by atoms with Crippen molar-refractivity contribution in [3.05, 3.63) is 29.8 Å². The summed E-state index contributed by atoms with van der Waals surface area (Å²) in [5, 5.41) is 9.18. The molecule has 1 fully saturated rings. The van der Waals surface area contributed by atoms with Crippen molar-refractivity contribution in [2.45, 2.75) is 25.3 Å². The maximum atomic E-state index is 11.2. The zero-order chi connectivity index (χ0) is 14.0. The van der Waals surface area contributed by atoms with Gasteiger partial charge in [-0.25, -0.2) is 0 Å². The number of hydrogen-bond acceptors (Lipinski definition) is 4. The topological polar surface area (TPSA) is 83.6 Å². The predicted octanol–water partition coefficient (Wildman–Crippen LogP) is 1.27. The van der Waals surface area contributed by atoms with Gasteiger partial charge in [0.2, 0.25) is 0 Å². The Hall–Kier alpha value is -1.88. The van der Waals surface area contributed by atoms with Crippen LogP contribution in [0, 0.1) is 0 Å². The van der Waals surface area contributed by atoms with E-state index in [1.807, 2.05) is 17.0 Å². The number of ketones is 1. The summed E-state index contributed by atoms with van der Waals surface area (Å²) in [7, 11) is 0. The van der Waals surface area contributed by atoms with E-state index in [0.717, 1.165) is 18.7 Å². The summed E-state index contributed by atoms with van der Waals surface area (Å²) in [5.74, 6) is -0.943. The van der Waals surface area contributed by atoms with Gasteiger partial charge in [-0.2, -0.15) is 0 Å². The molecule has 1 aliphatic rings. The van der Waals surface area contributed by atoms with Gasteiger partial charge in [-0.05, 0) is 44.0 Å². The van der Waals surface area contributed by atoms with Crippen LogP contribution in [0.15, 0.2) is 24.3 Å². The highest BCUT2D eigenvalue weighted by molar-refractivity contribution is 5.94. The molecule has 0 aliphatic carbocycles. The molecular weight excluding hydrogens is 244 g/mol. The van der Waals surface area contributed by atoms with E-state index < -0.39 is 11.5 Å². The Morgan fingerprint density at radius 1 is 1.32 bits per heavy atom. The molecule has 1 aromatic rings. The smallest absolute Gasteiger partial charge is 0.325 e. The summed E-state index contributed by atoms with van der Waals surface area (Å²) in [4.78, 5) is 24.4. The van der Waals surface area contributed by atoms with E-state index in [2.05, 4.69) is 0 Å². The molecule has 1 heterocycles. The summed E-state index contributed by atoms with van der Waals surface area (Å²) < 4.78 is 0. The summed E-state index contributed by atoms with van der Waals surface area (Å²) in [5.41, 5.74) is 6.28. The van der Waals surface area contributed by atoms with E-state index in [0.29, 0.717) is 18.5 Å². The number of benzene rings is 1. The number of rotatable bonds is 3. The molecule has 0 radical (unpaired) electrons. The van der Waals surface area contributed by atoms with E-state index in [1.165, 1.54) is 6.92 Å². The zero-order valence-electron chi connectivity index (χ0n) is 10.9. The first-order valence-corrected chi connectivity index (χ1v) is 6.31. The third kappa shape index (κ3) is 2.76. The molecule has 5 nitrogen and oxygen atoms in total. The molecule has 0 saturated carbocycles. The van der Waals surface area contributed by atoms with E-state index in [4.69, 9.17) is 5.73 Å². The van der Waals surface area contributed by atoms with Crippen LogP contribution >= 0.6 is 0 Å². The molecule has 0 amide bonds. The summed E-state index contributed by atoms with van der Waals surface area (Å²) in [6, 6.07) is 7.19. The molecule has 1 atom stereocenters. The van der Waals surface area contributed by atoms with Gasteiger partial charge in [-0.15, -0.1) is 0 Å². The molecule has 102 valence electrons. The molecule has 1 aromatic carbocycles. The van der Waals surface area contributed by atoms with Crippen molar-refractivity contribution in [1.82, 2.24) is 0 Å². The number of piperidine rings is 1. The Morgan fingerprint density at radius 2 is 1.95 bits per heavy atom. The van der Waals surface area contributed by atoms with Crippen LogP contribution in [0.3, 0.4) is 0 Å². The van der Waals surface area contributed by atoms with Gasteiger partial charge in [0.05, 0.1) is 0 Å². The molecule has 1 unspecified atom stereocenters. The Morgan fingerprint density at radius 3 is 2.47 bits per heavy atom. The molecule has 1 aliphatic heterocycles. The first-order valence-electron chi connectivity index (χ1n) is 6.31. The van der Waals surface area contributed by atoms with Crippen molar-refractivity contribution in [1.29, 1.82) is 0 Å². The van der Waals surface area contributed by atoms with Gasteiger partial charge >= 0.3 is 5.97 Å². The standard InChI is InChI=1S/C14H18N2O3/c1-10(17)11-3-5-12(6-4-11)16-8-2-7-14(15,9-16)13(18)19/h3-6H,2,7-9,15H2,1H3,(H,18,19). The van der Waals surface area contributed by atoms with Crippen LogP contribution in [-0.4, -0.2) is 35.5 Å². The summed E-state index contributed by atoms with van der Waals surface area (Å²) in [6.07, 6.45) is 1.24. The lowest BCUT2D eigenvalue weighted by Gasteiger charge is -2.38. The molecule has 2 rings (SSSR count). The van der Waals surface area contributed by atoms with Crippen molar-refractivity contribution < 1.29 is 14.7 Å². The maximum absolute atomic E-state index is 11.2. The van der Waals surface area contributed by atoms with Crippen LogP contribution in [0.5, 0.6) is 0 Å². The Bertz CT molecular complexity index is 498. The van der Waals surface area contributed by atoms with Gasteiger partial charge < -0.3 is 15.7 Å². The zero-order valence-corrected chi connectivity index (χ0v) is 10.9. The second-order valence-electron chi connectivity index (χ2n) is 5.09. The van der Waals surface area contributed by atoms with E-state index in [9.17, 15) is 14.7 Å². The highest BCUT2D eigenvalue weighted by Crippen LogP contribution is 2.25. The van der Waals surface area contributed by atoms with E-state index in [1.54, 1.807) is 12.1 Å². The number of nitrogens with zero attached hydrogens (tertiary/aromatic N) is 1. The minimum absolute atomic E-state index is 0.0175. The number of hydrogen-bond donors (Lipinski definition) is 2. The average molecular weight is 262 g/mol. The minimum Gasteiger partial charge on any atom is -0.480 e. The minimum atomic E-state index is -1.18. The van der Waals surface area contributed by atoms with Crippen LogP contribution in [0.25, 0.3) is 0 Å². The number of Topliss-reactive ketones (excluding diaryl/α,β-unsaturated/α-hetero) is 1. The van der Waals surface area contributed by atoms with Crippen molar-refractivity contribution in [3.8, 4) is 0 Å². The molecule has 1 saturated heterocycles. The lowest BCUT2D eigenvalue weighted by atomic mass is 9.90. The lowest BCUT2D eigenvalue weighted by molar-refractivity contribution is -0.143. The van der Waals surface area contributed by atoms with Gasteiger partial charge in [-0.3, -0.25) is 9.59 Å². The molecule has 0 aromatic heterocycles. The third-order valence-electron chi connectivity index (χ3n) is 3.59. The Balaban J connectivity index is 2.17. The number of carbonyl (C=O) groups excluding carboxylic acids is 1. The molecule has 19 heavy (non-hydrogen) atoms. The SMILES string of the molecule is CC(=O)c1ccc(N2CCCC(N)(C(=O)O)C2)cc1. The first-order chi connectivity index (χ1) is 8.92. The molecular formula is C14H18N2O3. The fourth-order valence-electron chi connectivity index (χ4n) is 2.39. The number of aliphatic carboxylic acids is 1. The van der Waals surface area contributed by atoms with Gasteiger partial charge in [0.1, 0.15) is 5.54 Å². The summed E-state index contributed by atoms with van der Waals surface area (Å²) >= 11 is 0. The van der Waals surface area contributed by atoms with Crippen LogP contribution in [0.1, 0.15) is 30.1 Å². The average Bonchev–Trinajstić information content (AvgIpc) is 2.39. The van der Waals surface area contributed by atoms with Gasteiger partial charge in [0.25, 0.3) is 0 Å². The van der Waals surface area contributed by atoms with Crippen molar-refractivity contribution in [2.75, 3.05) is 18.0 Å². The lowest BCUT2D eigenvalue weighted by Crippen LogP contribution is -2.59. The van der Waals surface area contributed by atoms with Gasteiger partial charge in [0.15, 0.2) is 5.78 Å². The predicted molar refractivity (Wildman–Crippen MR) is 72.4 cm³/mol. The van der Waals surface area contributed by atoms with Gasteiger partial charge in [-0.1, -0.05) is 0 Å². The second-order valence-corrected chi connectivity index (χ2v) is 5.09. The number of anilines is 1. The number of carboxylic acid groups (broad SMARTS) is 1. The van der Waals surface area contributed by atoms with Crippen LogP contribution in [0.4, 0.5) is 5.69 Å². The van der Waals surface area contributed by atoms with Crippen molar-refractivity contribution >= 4 is 17.4 Å². The summed E-state index contributed by atoms with van der Waals surface area (Å²) in [6.45, 7) is 2.60. The van der Waals surface area contributed by atoms with Crippen LogP contribution < -0.4 is 10.6 Å². The first kappa shape index (κ1) is 13.5. The number of carbonyl (C=O) groups is 2. The molecule has 5 heteroatoms. The monoisotopic (exact) mass is 262 g/mol. The van der Waals surface area contributed by atoms with Crippen LogP contribution in [0.2, 0.25) is 0 Å². The van der Waals surface area contributed by atoms with Crippen molar-refractivity contribution in [3.63, 3.8) is 0 Å².